The van der Waals surface area contributed by atoms with Crippen LogP contribution in [0.5, 0.6) is 0 Å². The van der Waals surface area contributed by atoms with Gasteiger partial charge in [0, 0.05) is 0 Å². The Bertz CT molecular complexity index is 733. The number of hydrogen-bond donors (Lipinski definition) is 2. The summed E-state index contributed by atoms with van der Waals surface area (Å²) in [5.74, 6) is -0.00986. The number of amides is 1. The van der Waals surface area contributed by atoms with Gasteiger partial charge in [-0.1, -0.05) is 0 Å². The van der Waals surface area contributed by atoms with E-state index in [1.165, 1.54) is 12.5 Å². The molecule has 1 amide bonds. The molecule has 0 radical (unpaired) electrons. The van der Waals surface area contributed by atoms with E-state index in [1.54, 1.807) is 12.1 Å². The molecule has 0 aliphatic carbocycles. The van der Waals surface area contributed by atoms with Crippen LogP contribution >= 0.6 is 15.9 Å². The van der Waals surface area contributed by atoms with E-state index in [2.05, 4.69) is 31.1 Å². The van der Waals surface area contributed by atoms with Crippen molar-refractivity contribution in [3.05, 3.63) is 34.6 Å². The molecule has 3 heterocycles. The maximum Gasteiger partial charge on any atom is 0.250 e. The highest BCUT2D eigenvalue weighted by atomic mass is 79.9. The van der Waals surface area contributed by atoms with Gasteiger partial charge in [-0.25, -0.2) is 4.98 Å². The topological polar surface area (TPSA) is 97.8 Å². The molecule has 0 saturated carbocycles. The Kier molecular flexibility index (Phi) is 2.41. The number of halogens is 1. The summed E-state index contributed by atoms with van der Waals surface area (Å²) in [5.41, 5.74) is 6.72. The van der Waals surface area contributed by atoms with Gasteiger partial charge in [-0.05, 0) is 28.1 Å². The molecule has 0 aromatic carbocycles. The first-order valence-electron chi connectivity index (χ1n) is 5.04. The third kappa shape index (κ3) is 1.52. The lowest BCUT2D eigenvalue weighted by molar-refractivity contribution is 0.100. The first-order chi connectivity index (χ1) is 8.68. The smallest absolute Gasteiger partial charge is 0.250 e. The van der Waals surface area contributed by atoms with Crippen molar-refractivity contribution < 1.29 is 9.21 Å². The number of nitrogens with zero attached hydrogens (tertiary/aromatic N) is 2. The van der Waals surface area contributed by atoms with Gasteiger partial charge >= 0.3 is 0 Å². The number of nitrogens with one attached hydrogen (secondary N) is 1. The third-order valence-corrected chi connectivity index (χ3v) is 3.31. The molecule has 18 heavy (non-hydrogen) atoms. The second-order valence-corrected chi connectivity index (χ2v) is 4.42. The minimum atomic E-state index is -0.552. The molecule has 0 aliphatic heterocycles. The van der Waals surface area contributed by atoms with Crippen LogP contribution in [-0.2, 0) is 0 Å². The number of pyridine rings is 1. The van der Waals surface area contributed by atoms with Crippen molar-refractivity contribution in [2.75, 3.05) is 0 Å². The van der Waals surface area contributed by atoms with Gasteiger partial charge in [0.05, 0.1) is 27.9 Å². The molecule has 3 aromatic heterocycles. The Balaban J connectivity index is 2.40. The number of nitrogens with two attached hydrogens (primary N) is 1. The summed E-state index contributed by atoms with van der Waals surface area (Å²) >= 11 is 3.34. The number of hydrogen-bond acceptors (Lipinski definition) is 4. The number of aromatic amines is 1. The van der Waals surface area contributed by atoms with Gasteiger partial charge in [-0.3, -0.25) is 9.89 Å². The molecule has 0 bridgehead atoms. The van der Waals surface area contributed by atoms with Gasteiger partial charge in [0.1, 0.15) is 5.69 Å². The molecule has 0 aliphatic rings. The fourth-order valence-electron chi connectivity index (χ4n) is 1.76. The van der Waals surface area contributed by atoms with Gasteiger partial charge in [0.15, 0.2) is 11.4 Å². The van der Waals surface area contributed by atoms with Gasteiger partial charge in [0.25, 0.3) is 5.91 Å². The molecule has 90 valence electrons. The average Bonchev–Trinajstić information content (AvgIpc) is 2.97. The van der Waals surface area contributed by atoms with Gasteiger partial charge in [-0.15, -0.1) is 0 Å². The number of fused-ring (bicyclic) bond motifs is 1. The lowest BCUT2D eigenvalue weighted by Gasteiger charge is -2.06. The maximum atomic E-state index is 11.5. The zero-order valence-corrected chi connectivity index (χ0v) is 10.6. The minimum absolute atomic E-state index is 0.333. The summed E-state index contributed by atoms with van der Waals surface area (Å²) in [4.78, 5) is 15.9. The number of H-pyrrole nitrogens is 1. The van der Waals surface area contributed by atoms with Crippen molar-refractivity contribution in [2.24, 2.45) is 5.73 Å². The van der Waals surface area contributed by atoms with E-state index in [1.807, 2.05) is 0 Å². The Morgan fingerprint density at radius 2 is 2.33 bits per heavy atom. The summed E-state index contributed by atoms with van der Waals surface area (Å²) < 4.78 is 5.78. The van der Waals surface area contributed by atoms with Crippen LogP contribution in [0.25, 0.3) is 22.5 Å². The molecule has 3 aromatic rings. The van der Waals surface area contributed by atoms with E-state index < -0.39 is 5.91 Å². The zero-order chi connectivity index (χ0) is 12.7. The predicted octanol–water partition coefficient (Wildman–Crippen LogP) is 2.08. The van der Waals surface area contributed by atoms with E-state index in [0.717, 1.165) is 0 Å². The molecule has 0 fully saturated rings. The fraction of sp³-hybridized carbons (Fsp3) is 0. The number of rotatable bonds is 2. The zero-order valence-electron chi connectivity index (χ0n) is 8.98. The first-order valence-corrected chi connectivity index (χ1v) is 5.84. The highest BCUT2D eigenvalue weighted by Crippen LogP contribution is 2.33. The second kappa shape index (κ2) is 3.95. The molecule has 7 heteroatoms. The number of carbonyl (C=O) groups excluding carboxylic acids is 1. The second-order valence-electron chi connectivity index (χ2n) is 3.62. The molecule has 0 saturated heterocycles. The van der Waals surface area contributed by atoms with Crippen LogP contribution in [0.4, 0.5) is 0 Å². The quantitative estimate of drug-likeness (QED) is 0.757. The summed E-state index contributed by atoms with van der Waals surface area (Å²) in [7, 11) is 0. The van der Waals surface area contributed by atoms with E-state index in [4.69, 9.17) is 10.2 Å². The number of carbonyl (C=O) groups is 1. The molecule has 6 nitrogen and oxygen atoms in total. The highest BCUT2D eigenvalue weighted by molar-refractivity contribution is 9.10. The van der Waals surface area contributed by atoms with Crippen molar-refractivity contribution in [3.8, 4) is 11.5 Å². The normalized spacial score (nSPS) is 10.9. The lowest BCUT2D eigenvalue weighted by atomic mass is 10.1. The van der Waals surface area contributed by atoms with E-state index >= 15 is 0 Å². The maximum absolute atomic E-state index is 11.5. The largest absolute Gasteiger partial charge is 0.463 e. The van der Waals surface area contributed by atoms with Crippen LogP contribution < -0.4 is 5.73 Å². The van der Waals surface area contributed by atoms with Gasteiger partial charge in [0.2, 0.25) is 0 Å². The van der Waals surface area contributed by atoms with Crippen molar-refractivity contribution in [1.29, 1.82) is 0 Å². The Morgan fingerprint density at radius 3 is 3.00 bits per heavy atom. The molecule has 3 N–H and O–H groups in total. The van der Waals surface area contributed by atoms with E-state index in [9.17, 15) is 4.79 Å². The van der Waals surface area contributed by atoms with Crippen molar-refractivity contribution in [2.45, 2.75) is 0 Å². The molecule has 0 spiro atoms. The van der Waals surface area contributed by atoms with Crippen LogP contribution in [-0.4, -0.2) is 21.1 Å². The standard InChI is InChI=1S/C11H7BrN4O2/c12-8-7(10(13)17)5-4-14-16-11(5)15-9(8)6-2-1-3-18-6/h1-4H,(H2,13,17)(H,14,15,16). The van der Waals surface area contributed by atoms with E-state index in [0.29, 0.717) is 32.5 Å². The average molecular weight is 307 g/mol. The van der Waals surface area contributed by atoms with Gasteiger partial charge in [-0.2, -0.15) is 5.10 Å². The fourth-order valence-corrected chi connectivity index (χ4v) is 2.46. The van der Waals surface area contributed by atoms with Crippen molar-refractivity contribution in [3.63, 3.8) is 0 Å². The number of furan rings is 1. The monoisotopic (exact) mass is 306 g/mol. The van der Waals surface area contributed by atoms with Crippen molar-refractivity contribution >= 4 is 32.9 Å². The summed E-state index contributed by atoms with van der Waals surface area (Å²) in [6.07, 6.45) is 3.05. The molecular weight excluding hydrogens is 300 g/mol. The number of primary amides is 1. The van der Waals surface area contributed by atoms with E-state index in [-0.39, 0.29) is 0 Å². The highest BCUT2D eigenvalue weighted by Gasteiger charge is 2.20. The first kappa shape index (κ1) is 11.0. The third-order valence-electron chi connectivity index (χ3n) is 2.54. The van der Waals surface area contributed by atoms with Crippen LogP contribution in [0, 0.1) is 0 Å². The Hall–Kier alpha value is -2.15. The predicted molar refractivity (Wildman–Crippen MR) is 67.8 cm³/mol. The SMILES string of the molecule is NC(=O)c1c(Br)c(-c2ccco2)nc2[nH]ncc12. The van der Waals surface area contributed by atoms with Crippen LogP contribution in [0.1, 0.15) is 10.4 Å². The van der Waals surface area contributed by atoms with Gasteiger partial charge < -0.3 is 10.2 Å². The van der Waals surface area contributed by atoms with Crippen LogP contribution in [0.3, 0.4) is 0 Å². The van der Waals surface area contributed by atoms with Crippen LogP contribution in [0.15, 0.2) is 33.5 Å². The molecular formula is C11H7BrN4O2. The van der Waals surface area contributed by atoms with Crippen LogP contribution in [0.2, 0.25) is 0 Å². The molecule has 0 atom stereocenters. The number of aromatic nitrogens is 3. The summed E-state index contributed by atoms with van der Waals surface area (Å²) in [6, 6.07) is 3.49. The van der Waals surface area contributed by atoms with Crippen molar-refractivity contribution in [1.82, 2.24) is 15.2 Å². The Labute approximate surface area is 109 Å². The summed E-state index contributed by atoms with van der Waals surface area (Å²) in [5, 5.41) is 7.15. The molecule has 0 unspecified atom stereocenters. The molecule has 3 rings (SSSR count). The lowest BCUT2D eigenvalue weighted by Crippen LogP contribution is -2.13. The summed E-state index contributed by atoms with van der Waals surface area (Å²) in [6.45, 7) is 0. The Morgan fingerprint density at radius 1 is 1.50 bits per heavy atom. The minimum Gasteiger partial charge on any atom is -0.463 e.